The van der Waals surface area contributed by atoms with Crippen molar-refractivity contribution in [2.24, 2.45) is 18.9 Å². The molecular weight excluding hydrogens is 308 g/mol. The molecule has 3 atom stereocenters. The van der Waals surface area contributed by atoms with Crippen LogP contribution < -0.4 is 0 Å². The van der Waals surface area contributed by atoms with Crippen molar-refractivity contribution in [1.29, 1.82) is 0 Å². The number of ketones is 1. The molecule has 0 amide bonds. The van der Waals surface area contributed by atoms with Crippen LogP contribution in [0.25, 0.3) is 0 Å². The molecule has 0 bridgehead atoms. The van der Waals surface area contributed by atoms with Gasteiger partial charge in [-0.25, -0.2) is 4.79 Å². The molecule has 1 aromatic rings. The lowest BCUT2D eigenvalue weighted by Gasteiger charge is -2.47. The number of esters is 1. The third-order valence-corrected chi connectivity index (χ3v) is 5.73. The molecule has 1 aromatic heterocycles. The number of fused-ring (bicyclic) bond motifs is 3. The fraction of sp³-hybridized carbons (Fsp3) is 0.611. The average molecular weight is 332 g/mol. The Balaban J connectivity index is 2.12. The summed E-state index contributed by atoms with van der Waals surface area (Å²) in [6.45, 7) is 6.12. The highest BCUT2D eigenvalue weighted by Crippen LogP contribution is 2.52. The van der Waals surface area contributed by atoms with Gasteiger partial charge in [-0.1, -0.05) is 13.8 Å². The van der Waals surface area contributed by atoms with Crippen LogP contribution in [0, 0.1) is 11.8 Å². The number of rotatable bonds is 2. The molecule has 1 N–H and O–H groups in total. The van der Waals surface area contributed by atoms with Gasteiger partial charge >= 0.3 is 5.97 Å². The molecule has 130 valence electrons. The number of Topliss-reactive ketones (excluding diaryl/α,β-unsaturated/α-hetero) is 1. The van der Waals surface area contributed by atoms with Gasteiger partial charge in [-0.3, -0.25) is 9.48 Å². The Morgan fingerprint density at radius 3 is 2.88 bits per heavy atom. The van der Waals surface area contributed by atoms with Crippen molar-refractivity contribution in [3.8, 4) is 0 Å². The minimum Gasteiger partial charge on any atom is -0.515 e. The minimum absolute atomic E-state index is 0.0185. The summed E-state index contributed by atoms with van der Waals surface area (Å²) in [5.41, 5.74) is 2.37. The van der Waals surface area contributed by atoms with E-state index in [1.807, 2.05) is 6.92 Å². The van der Waals surface area contributed by atoms with Gasteiger partial charge in [-0.15, -0.1) is 0 Å². The maximum Gasteiger partial charge on any atom is 0.356 e. The van der Waals surface area contributed by atoms with E-state index in [1.54, 1.807) is 18.7 Å². The summed E-state index contributed by atoms with van der Waals surface area (Å²) in [4.78, 5) is 24.7. The zero-order chi connectivity index (χ0) is 17.6. The second kappa shape index (κ2) is 5.76. The molecule has 2 aliphatic rings. The number of aliphatic hydroxyl groups excluding tert-OH is 1. The van der Waals surface area contributed by atoms with Crippen LogP contribution in [-0.4, -0.2) is 33.2 Å². The molecule has 6 nitrogen and oxygen atoms in total. The van der Waals surface area contributed by atoms with E-state index in [2.05, 4.69) is 12.0 Å². The molecule has 24 heavy (non-hydrogen) atoms. The van der Waals surface area contributed by atoms with Crippen LogP contribution in [-0.2, 0) is 28.4 Å². The van der Waals surface area contributed by atoms with Crippen LogP contribution in [0.1, 0.15) is 55.4 Å². The van der Waals surface area contributed by atoms with Gasteiger partial charge in [0, 0.05) is 29.5 Å². The average Bonchev–Trinajstić information content (AvgIpc) is 2.89. The Morgan fingerprint density at radius 1 is 1.54 bits per heavy atom. The van der Waals surface area contributed by atoms with Crippen LogP contribution in [0.2, 0.25) is 0 Å². The molecule has 2 aliphatic carbocycles. The quantitative estimate of drug-likeness (QED) is 0.511. The van der Waals surface area contributed by atoms with E-state index >= 15 is 0 Å². The number of ether oxygens (including phenoxy) is 1. The molecule has 1 heterocycles. The molecule has 0 radical (unpaired) electrons. The first kappa shape index (κ1) is 16.7. The molecule has 6 heteroatoms. The predicted octanol–water partition coefficient (Wildman–Crippen LogP) is 2.47. The number of nitrogens with zero attached hydrogens (tertiary/aromatic N) is 2. The Kier molecular flexibility index (Phi) is 4.01. The van der Waals surface area contributed by atoms with Crippen molar-refractivity contribution in [3.63, 3.8) is 0 Å². The van der Waals surface area contributed by atoms with Gasteiger partial charge in [0.05, 0.1) is 18.6 Å². The zero-order valence-electron chi connectivity index (χ0n) is 14.6. The first-order valence-corrected chi connectivity index (χ1v) is 8.46. The topological polar surface area (TPSA) is 81.4 Å². The molecule has 1 saturated carbocycles. The number of carbonyl (C=O) groups is 2. The maximum absolute atomic E-state index is 12.4. The molecule has 0 aliphatic heterocycles. The third-order valence-electron chi connectivity index (χ3n) is 5.73. The Bertz CT molecular complexity index is 734. The van der Waals surface area contributed by atoms with E-state index in [0.717, 1.165) is 23.9 Å². The number of hydrogen-bond donors (Lipinski definition) is 1. The highest BCUT2D eigenvalue weighted by Gasteiger charge is 2.52. The van der Waals surface area contributed by atoms with Gasteiger partial charge in [0.2, 0.25) is 0 Å². The van der Waals surface area contributed by atoms with Gasteiger partial charge in [-0.2, -0.15) is 5.10 Å². The number of allylic oxidation sites excluding steroid dienone is 1. The Hall–Kier alpha value is -2.11. The summed E-state index contributed by atoms with van der Waals surface area (Å²) in [6.07, 6.45) is 2.92. The van der Waals surface area contributed by atoms with Gasteiger partial charge < -0.3 is 9.84 Å². The van der Waals surface area contributed by atoms with E-state index in [4.69, 9.17) is 4.74 Å². The maximum atomic E-state index is 12.4. The standard InChI is InChI=1S/C18H24N2O4/c1-5-24-17(23)14-12-6-7-13-10(2)15(22)11(9-21)8-18(13,3)16(12)19-20(14)4/h9-10,13,21H,5-8H2,1-4H3/b11-9-/t10-,13-,18-/m0/s1. The zero-order valence-corrected chi connectivity index (χ0v) is 14.6. The largest absolute Gasteiger partial charge is 0.515 e. The van der Waals surface area contributed by atoms with E-state index in [0.29, 0.717) is 30.7 Å². The van der Waals surface area contributed by atoms with Gasteiger partial charge in [0.25, 0.3) is 0 Å². The van der Waals surface area contributed by atoms with Crippen molar-refractivity contribution >= 4 is 11.8 Å². The van der Waals surface area contributed by atoms with Crippen molar-refractivity contribution in [1.82, 2.24) is 9.78 Å². The van der Waals surface area contributed by atoms with Crippen LogP contribution >= 0.6 is 0 Å². The van der Waals surface area contributed by atoms with Crippen molar-refractivity contribution in [3.05, 3.63) is 28.8 Å². The summed E-state index contributed by atoms with van der Waals surface area (Å²) in [5, 5.41) is 14.1. The normalized spacial score (nSPS) is 30.8. The number of hydrogen-bond acceptors (Lipinski definition) is 5. The first-order valence-electron chi connectivity index (χ1n) is 8.46. The summed E-state index contributed by atoms with van der Waals surface area (Å²) in [7, 11) is 1.75. The van der Waals surface area contributed by atoms with Crippen LogP contribution in [0.3, 0.4) is 0 Å². The van der Waals surface area contributed by atoms with E-state index in [9.17, 15) is 14.7 Å². The highest BCUT2D eigenvalue weighted by atomic mass is 16.5. The number of carbonyl (C=O) groups excluding carboxylic acids is 2. The lowest BCUT2D eigenvalue weighted by atomic mass is 9.55. The molecular formula is C18H24N2O4. The Morgan fingerprint density at radius 2 is 2.25 bits per heavy atom. The fourth-order valence-corrected chi connectivity index (χ4v) is 4.60. The third kappa shape index (κ3) is 2.19. The lowest BCUT2D eigenvalue weighted by molar-refractivity contribution is -0.124. The van der Waals surface area contributed by atoms with Gasteiger partial charge in [-0.05, 0) is 32.1 Å². The van der Waals surface area contributed by atoms with Gasteiger partial charge in [0.1, 0.15) is 5.69 Å². The molecule has 1 fully saturated rings. The molecule has 3 rings (SSSR count). The molecule has 0 saturated heterocycles. The smallest absolute Gasteiger partial charge is 0.356 e. The summed E-state index contributed by atoms with van der Waals surface area (Å²) < 4.78 is 6.77. The first-order chi connectivity index (χ1) is 11.3. The number of aliphatic hydroxyl groups is 1. The highest BCUT2D eigenvalue weighted by molar-refractivity contribution is 5.98. The van der Waals surface area contributed by atoms with E-state index in [-0.39, 0.29) is 29.0 Å². The van der Waals surface area contributed by atoms with Crippen LogP contribution in [0.15, 0.2) is 11.8 Å². The molecule has 0 aromatic carbocycles. The Labute approximate surface area is 141 Å². The second-order valence-electron chi connectivity index (χ2n) is 7.07. The SMILES string of the molecule is CCOC(=O)c1c2c(nn1C)[C@@]1(C)C/C(=C/O)C(=O)[C@@H](C)[C@@H]1CC2. The fourth-order valence-electron chi connectivity index (χ4n) is 4.60. The minimum atomic E-state index is -0.363. The monoisotopic (exact) mass is 332 g/mol. The number of aromatic nitrogens is 2. The predicted molar refractivity (Wildman–Crippen MR) is 87.8 cm³/mol. The van der Waals surface area contributed by atoms with Crippen LogP contribution in [0.5, 0.6) is 0 Å². The molecule has 0 spiro atoms. The van der Waals surface area contributed by atoms with Crippen molar-refractivity contribution in [2.75, 3.05) is 6.61 Å². The second-order valence-corrected chi connectivity index (χ2v) is 7.07. The van der Waals surface area contributed by atoms with E-state index < -0.39 is 0 Å². The van der Waals surface area contributed by atoms with Crippen molar-refractivity contribution in [2.45, 2.75) is 45.4 Å². The van der Waals surface area contributed by atoms with E-state index in [1.165, 1.54) is 0 Å². The summed E-state index contributed by atoms with van der Waals surface area (Å²) in [6, 6.07) is 0. The lowest BCUT2D eigenvalue weighted by Crippen LogP contribution is -2.48. The van der Waals surface area contributed by atoms with Gasteiger partial charge in [0.15, 0.2) is 5.78 Å². The van der Waals surface area contributed by atoms with Crippen LogP contribution in [0.4, 0.5) is 0 Å². The number of aryl methyl sites for hydroxylation is 1. The molecule has 0 unspecified atom stereocenters. The van der Waals surface area contributed by atoms with Crippen molar-refractivity contribution < 1.29 is 19.4 Å². The summed E-state index contributed by atoms with van der Waals surface area (Å²) >= 11 is 0. The summed E-state index contributed by atoms with van der Waals surface area (Å²) in [5.74, 6) is -0.340.